The van der Waals surface area contributed by atoms with Gasteiger partial charge in [-0.3, -0.25) is 0 Å². The summed E-state index contributed by atoms with van der Waals surface area (Å²) in [7, 11) is -2.52. The maximum atomic E-state index is 12.7. The van der Waals surface area contributed by atoms with E-state index in [0.717, 1.165) is 4.47 Å². The first-order valence-electron chi connectivity index (χ1n) is 6.65. The quantitative estimate of drug-likeness (QED) is 0.534. The summed E-state index contributed by atoms with van der Waals surface area (Å²) in [5.74, 6) is 0.521. The smallest absolute Gasteiger partial charge is 0.355 e. The van der Waals surface area contributed by atoms with E-state index in [1.165, 1.54) is 37.4 Å². The highest BCUT2D eigenvalue weighted by atomic mass is 79.9. The molecule has 3 aromatic rings. The van der Waals surface area contributed by atoms with E-state index in [4.69, 9.17) is 9.15 Å². The minimum Gasteiger partial charge on any atom is -0.497 e. The van der Waals surface area contributed by atoms with Crippen LogP contribution in [-0.4, -0.2) is 15.5 Å². The van der Waals surface area contributed by atoms with Crippen molar-refractivity contribution in [1.29, 1.82) is 0 Å². The number of methoxy groups -OCH3 is 1. The summed E-state index contributed by atoms with van der Waals surface area (Å²) in [6, 6.07) is 10.5. The Morgan fingerprint density at radius 1 is 1.04 bits per heavy atom. The summed E-state index contributed by atoms with van der Waals surface area (Å²) in [5.41, 5.74) is -0.627. The molecule has 0 aliphatic carbocycles. The van der Waals surface area contributed by atoms with E-state index in [2.05, 4.69) is 31.9 Å². The molecule has 0 saturated heterocycles. The molecule has 0 N–H and O–H groups in total. The second-order valence-electron chi connectivity index (χ2n) is 4.88. The van der Waals surface area contributed by atoms with Crippen molar-refractivity contribution >= 4 is 52.7 Å². The van der Waals surface area contributed by atoms with Crippen LogP contribution in [0.4, 0.5) is 0 Å². The summed E-state index contributed by atoms with van der Waals surface area (Å²) < 4.78 is 37.0. The number of halogens is 2. The van der Waals surface area contributed by atoms with E-state index in [0.29, 0.717) is 15.6 Å². The number of fused-ring (bicyclic) bond motifs is 1. The van der Waals surface area contributed by atoms with E-state index < -0.39 is 20.4 Å². The first-order chi connectivity index (χ1) is 11.3. The molecule has 0 atom stereocenters. The first-order valence-corrected chi connectivity index (χ1v) is 9.72. The molecule has 0 amide bonds. The Balaban J connectivity index is 2.23. The van der Waals surface area contributed by atoms with Gasteiger partial charge in [-0.05, 0) is 58.4 Å². The standard InChI is InChI=1S/C16H10Br2O5S/c1-22-11-2-4-12(5-3-11)24(20,21)14-7-9-6-10(17)8-13(18)15(9)23-16(14)19/h2-8H,1H3. The van der Waals surface area contributed by atoms with Gasteiger partial charge in [0.25, 0.3) is 0 Å². The highest BCUT2D eigenvalue weighted by Gasteiger charge is 2.24. The molecule has 3 rings (SSSR count). The van der Waals surface area contributed by atoms with Crippen LogP contribution in [0.25, 0.3) is 11.0 Å². The number of sulfone groups is 1. The van der Waals surface area contributed by atoms with Crippen LogP contribution in [-0.2, 0) is 9.84 Å². The molecule has 0 aliphatic heterocycles. The van der Waals surface area contributed by atoms with Crippen LogP contribution in [0.15, 0.2) is 70.4 Å². The fourth-order valence-corrected chi connectivity index (χ4v) is 4.84. The zero-order valence-electron chi connectivity index (χ0n) is 12.2. The van der Waals surface area contributed by atoms with Crippen LogP contribution >= 0.6 is 31.9 Å². The molecule has 5 nitrogen and oxygen atoms in total. The Bertz CT molecular complexity index is 1090. The third-order valence-electron chi connectivity index (χ3n) is 3.38. The fourth-order valence-electron chi connectivity index (χ4n) is 2.21. The Hall–Kier alpha value is -1.64. The van der Waals surface area contributed by atoms with Crippen LogP contribution in [0.5, 0.6) is 5.75 Å². The predicted molar refractivity (Wildman–Crippen MR) is 96.3 cm³/mol. The Morgan fingerprint density at radius 3 is 2.33 bits per heavy atom. The van der Waals surface area contributed by atoms with Crippen molar-refractivity contribution in [2.45, 2.75) is 9.79 Å². The van der Waals surface area contributed by atoms with E-state index in [1.54, 1.807) is 12.1 Å². The van der Waals surface area contributed by atoms with Crippen LogP contribution < -0.4 is 10.4 Å². The van der Waals surface area contributed by atoms with Crippen LogP contribution in [0.1, 0.15) is 0 Å². The van der Waals surface area contributed by atoms with Crippen molar-refractivity contribution in [1.82, 2.24) is 0 Å². The van der Waals surface area contributed by atoms with Gasteiger partial charge < -0.3 is 9.15 Å². The molecule has 24 heavy (non-hydrogen) atoms. The van der Waals surface area contributed by atoms with Crippen molar-refractivity contribution in [2.24, 2.45) is 0 Å². The molecule has 0 radical (unpaired) electrons. The first kappa shape index (κ1) is 17.2. The summed E-state index contributed by atoms with van der Waals surface area (Å²) in [4.78, 5) is 11.8. The third-order valence-corrected chi connectivity index (χ3v) is 6.18. The Kier molecular flexibility index (Phi) is 4.54. The van der Waals surface area contributed by atoms with Gasteiger partial charge in [-0.2, -0.15) is 0 Å². The Morgan fingerprint density at radius 2 is 1.71 bits per heavy atom. The number of rotatable bonds is 3. The van der Waals surface area contributed by atoms with Gasteiger partial charge in [0.05, 0.1) is 16.5 Å². The number of hydrogen-bond acceptors (Lipinski definition) is 5. The second-order valence-corrected chi connectivity index (χ2v) is 8.57. The van der Waals surface area contributed by atoms with Crippen LogP contribution in [0, 0.1) is 0 Å². The zero-order chi connectivity index (χ0) is 17.5. The second kappa shape index (κ2) is 6.34. The van der Waals surface area contributed by atoms with E-state index in [9.17, 15) is 13.2 Å². The fraction of sp³-hybridized carbons (Fsp3) is 0.0625. The lowest BCUT2D eigenvalue weighted by Gasteiger charge is -2.07. The molecular weight excluding hydrogens is 464 g/mol. The van der Waals surface area contributed by atoms with Crippen molar-refractivity contribution in [3.05, 3.63) is 61.8 Å². The highest BCUT2D eigenvalue weighted by molar-refractivity contribution is 9.11. The van der Waals surface area contributed by atoms with Crippen molar-refractivity contribution in [3.8, 4) is 5.75 Å². The van der Waals surface area contributed by atoms with Crippen molar-refractivity contribution in [2.75, 3.05) is 7.11 Å². The molecule has 1 aromatic heterocycles. The monoisotopic (exact) mass is 472 g/mol. The van der Waals surface area contributed by atoms with Gasteiger partial charge in [0.15, 0.2) is 10.5 Å². The minimum atomic E-state index is -4.00. The summed E-state index contributed by atoms with van der Waals surface area (Å²) in [5, 5.41) is 0.489. The van der Waals surface area contributed by atoms with E-state index in [1.807, 2.05) is 0 Å². The SMILES string of the molecule is COc1ccc(S(=O)(=O)c2cc3cc(Br)cc(Br)c3oc2=O)cc1. The topological polar surface area (TPSA) is 73.6 Å². The van der Waals surface area contributed by atoms with Gasteiger partial charge in [0.1, 0.15) is 5.75 Å². The van der Waals surface area contributed by atoms with Gasteiger partial charge in [0, 0.05) is 9.86 Å². The molecule has 8 heteroatoms. The van der Waals surface area contributed by atoms with Crippen molar-refractivity contribution in [3.63, 3.8) is 0 Å². The van der Waals surface area contributed by atoms with Gasteiger partial charge in [-0.25, -0.2) is 13.2 Å². The molecule has 0 spiro atoms. The number of ether oxygens (including phenoxy) is 1. The summed E-state index contributed by atoms with van der Waals surface area (Å²) in [6.07, 6.45) is 0. The van der Waals surface area contributed by atoms with E-state index in [-0.39, 0.29) is 10.5 Å². The average molecular weight is 474 g/mol. The average Bonchev–Trinajstić information content (AvgIpc) is 2.55. The lowest BCUT2D eigenvalue weighted by Crippen LogP contribution is -2.14. The van der Waals surface area contributed by atoms with Gasteiger partial charge >= 0.3 is 5.63 Å². The molecule has 0 bridgehead atoms. The van der Waals surface area contributed by atoms with Crippen molar-refractivity contribution < 1.29 is 17.6 Å². The molecule has 0 aliphatic rings. The summed E-state index contributed by atoms with van der Waals surface area (Å²) in [6.45, 7) is 0. The van der Waals surface area contributed by atoms with Crippen LogP contribution in [0.2, 0.25) is 0 Å². The van der Waals surface area contributed by atoms with Gasteiger partial charge in [-0.15, -0.1) is 0 Å². The lowest BCUT2D eigenvalue weighted by molar-refractivity contribution is 0.414. The molecule has 0 fully saturated rings. The lowest BCUT2D eigenvalue weighted by atomic mass is 10.2. The third kappa shape index (κ3) is 3.01. The van der Waals surface area contributed by atoms with Crippen LogP contribution in [0.3, 0.4) is 0 Å². The summed E-state index contributed by atoms with van der Waals surface area (Å²) >= 11 is 6.62. The number of benzene rings is 2. The Labute approximate surface area is 154 Å². The molecule has 2 aromatic carbocycles. The largest absolute Gasteiger partial charge is 0.497 e. The highest BCUT2D eigenvalue weighted by Crippen LogP contribution is 2.30. The van der Waals surface area contributed by atoms with E-state index >= 15 is 0 Å². The molecule has 124 valence electrons. The molecule has 1 heterocycles. The molecule has 0 saturated carbocycles. The maximum Gasteiger partial charge on any atom is 0.355 e. The molecular formula is C16H10Br2O5S. The predicted octanol–water partition coefficient (Wildman–Crippen LogP) is 4.16. The normalized spacial score (nSPS) is 11.6. The minimum absolute atomic E-state index is 0.0102. The van der Waals surface area contributed by atoms with Gasteiger partial charge in [-0.1, -0.05) is 15.9 Å². The number of hydrogen-bond donors (Lipinski definition) is 0. The van der Waals surface area contributed by atoms with Gasteiger partial charge in [0.2, 0.25) is 9.84 Å². The maximum absolute atomic E-state index is 12.7. The zero-order valence-corrected chi connectivity index (χ0v) is 16.2. The molecule has 0 unspecified atom stereocenters.